The molecule has 0 spiro atoms. The van der Waals surface area contributed by atoms with Crippen LogP contribution >= 0.6 is 0 Å². The quantitative estimate of drug-likeness (QED) is 0.210. The molecule has 0 radical (unpaired) electrons. The highest BCUT2D eigenvalue weighted by atomic mass is 16.2. The van der Waals surface area contributed by atoms with Crippen molar-refractivity contribution in [1.82, 2.24) is 0 Å². The molecule has 0 heterocycles. The lowest BCUT2D eigenvalue weighted by atomic mass is 10.1. The van der Waals surface area contributed by atoms with Crippen LogP contribution in [0.1, 0.15) is 116 Å². The summed E-state index contributed by atoms with van der Waals surface area (Å²) in [4.78, 5) is 0. The third-order valence-electron chi connectivity index (χ3n) is 4.42. The highest BCUT2D eigenvalue weighted by molar-refractivity contribution is 4.81. The van der Waals surface area contributed by atoms with E-state index in [1.165, 1.54) is 103 Å². The fraction of sp³-hybridized carbons (Fsp3) is 0.905. The number of allylic oxidation sites excluding steroid dienone is 2. The summed E-state index contributed by atoms with van der Waals surface area (Å²) in [5, 5.41) is 8.70. The Kier molecular flexibility index (Phi) is 20.4. The lowest BCUT2D eigenvalue weighted by molar-refractivity contribution is 0.282. The summed E-state index contributed by atoms with van der Waals surface area (Å²) < 4.78 is 0. The Labute approximate surface area is 140 Å². The van der Waals surface area contributed by atoms with Gasteiger partial charge in [-0.3, -0.25) is 0 Å². The smallest absolute Gasteiger partial charge is 0.0431 e. The number of hydrogen-bond donors (Lipinski definition) is 1. The van der Waals surface area contributed by atoms with Crippen LogP contribution in [0.25, 0.3) is 0 Å². The summed E-state index contributed by atoms with van der Waals surface area (Å²) in [7, 11) is 0. The normalized spacial score (nSPS) is 11.5. The molecule has 0 aliphatic carbocycles. The molecule has 0 bridgehead atoms. The van der Waals surface area contributed by atoms with Gasteiger partial charge in [-0.25, -0.2) is 0 Å². The molecule has 1 heteroatoms. The summed E-state index contributed by atoms with van der Waals surface area (Å²) in [6.45, 7) is 2.65. The first-order valence-electron chi connectivity index (χ1n) is 10.2. The summed E-state index contributed by atoms with van der Waals surface area (Å²) in [5.74, 6) is 0. The van der Waals surface area contributed by atoms with Crippen molar-refractivity contribution in [1.29, 1.82) is 0 Å². The molecule has 0 rings (SSSR count). The minimum atomic E-state index is 0.367. The molecule has 0 amide bonds. The number of unbranched alkanes of at least 4 members (excludes halogenated alkanes) is 15. The monoisotopic (exact) mass is 310 g/mol. The van der Waals surface area contributed by atoms with Crippen molar-refractivity contribution >= 4 is 0 Å². The lowest BCUT2D eigenvalue weighted by Crippen LogP contribution is -1.84. The molecule has 0 atom stereocenters. The van der Waals surface area contributed by atoms with E-state index in [0.29, 0.717) is 6.61 Å². The van der Waals surface area contributed by atoms with Gasteiger partial charge in [-0.2, -0.15) is 0 Å². The molecule has 0 aromatic heterocycles. The van der Waals surface area contributed by atoms with Crippen molar-refractivity contribution in [3.05, 3.63) is 12.2 Å². The van der Waals surface area contributed by atoms with Crippen LogP contribution in [-0.2, 0) is 0 Å². The third-order valence-corrected chi connectivity index (χ3v) is 4.42. The van der Waals surface area contributed by atoms with Crippen molar-refractivity contribution in [2.45, 2.75) is 116 Å². The van der Waals surface area contributed by atoms with Crippen LogP contribution in [-0.4, -0.2) is 11.7 Å². The van der Waals surface area contributed by atoms with Crippen LogP contribution in [0.5, 0.6) is 0 Å². The van der Waals surface area contributed by atoms with Gasteiger partial charge >= 0.3 is 0 Å². The Morgan fingerprint density at radius 2 is 0.864 bits per heavy atom. The molecule has 0 saturated carbocycles. The number of hydrogen-bond acceptors (Lipinski definition) is 1. The predicted molar refractivity (Wildman–Crippen MR) is 100 cm³/mol. The van der Waals surface area contributed by atoms with Gasteiger partial charge < -0.3 is 5.11 Å². The van der Waals surface area contributed by atoms with E-state index in [0.717, 1.165) is 6.42 Å². The maximum Gasteiger partial charge on any atom is 0.0431 e. The van der Waals surface area contributed by atoms with Crippen molar-refractivity contribution in [3.8, 4) is 0 Å². The van der Waals surface area contributed by atoms with Crippen molar-refractivity contribution in [2.24, 2.45) is 0 Å². The zero-order valence-electron chi connectivity index (χ0n) is 15.3. The highest BCUT2D eigenvalue weighted by Crippen LogP contribution is 2.11. The van der Waals surface area contributed by atoms with Crippen LogP contribution in [0, 0.1) is 0 Å². The van der Waals surface area contributed by atoms with Gasteiger partial charge in [0.15, 0.2) is 0 Å². The highest BCUT2D eigenvalue weighted by Gasteiger charge is 1.92. The Balaban J connectivity index is 3.02. The Morgan fingerprint density at radius 3 is 1.27 bits per heavy atom. The second-order valence-corrected chi connectivity index (χ2v) is 6.72. The molecule has 0 unspecified atom stereocenters. The van der Waals surface area contributed by atoms with Crippen LogP contribution in [0.4, 0.5) is 0 Å². The van der Waals surface area contributed by atoms with E-state index in [9.17, 15) is 0 Å². The number of rotatable bonds is 18. The molecular formula is C21H42O. The van der Waals surface area contributed by atoms with E-state index in [1.54, 1.807) is 0 Å². The Hall–Kier alpha value is -0.300. The fourth-order valence-corrected chi connectivity index (χ4v) is 2.89. The summed E-state index contributed by atoms with van der Waals surface area (Å²) in [6, 6.07) is 0. The van der Waals surface area contributed by atoms with Crippen LogP contribution in [0.15, 0.2) is 12.2 Å². The van der Waals surface area contributed by atoms with Crippen LogP contribution in [0.3, 0.4) is 0 Å². The summed E-state index contributed by atoms with van der Waals surface area (Å²) in [6.07, 6.45) is 27.7. The second-order valence-electron chi connectivity index (χ2n) is 6.72. The molecule has 0 aliphatic heterocycles. The maximum absolute atomic E-state index is 8.70. The van der Waals surface area contributed by atoms with Crippen LogP contribution in [0.2, 0.25) is 0 Å². The zero-order valence-corrected chi connectivity index (χ0v) is 15.3. The first kappa shape index (κ1) is 21.7. The van der Waals surface area contributed by atoms with E-state index >= 15 is 0 Å². The molecule has 1 nitrogen and oxygen atoms in total. The van der Waals surface area contributed by atoms with E-state index in [-0.39, 0.29) is 0 Å². The second kappa shape index (κ2) is 20.7. The van der Waals surface area contributed by atoms with Crippen molar-refractivity contribution in [2.75, 3.05) is 6.61 Å². The van der Waals surface area contributed by atoms with Gasteiger partial charge in [0.2, 0.25) is 0 Å². The maximum atomic E-state index is 8.70. The Bertz CT molecular complexity index is 210. The topological polar surface area (TPSA) is 20.2 Å². The first-order chi connectivity index (χ1) is 10.9. The van der Waals surface area contributed by atoms with Gasteiger partial charge in [0, 0.05) is 6.61 Å². The average molecular weight is 311 g/mol. The molecule has 22 heavy (non-hydrogen) atoms. The van der Waals surface area contributed by atoms with Gasteiger partial charge in [-0.15, -0.1) is 0 Å². The summed E-state index contributed by atoms with van der Waals surface area (Å²) in [5.41, 5.74) is 0. The predicted octanol–water partition coefficient (Wildman–Crippen LogP) is 7.19. The van der Waals surface area contributed by atoms with E-state index in [2.05, 4.69) is 19.1 Å². The van der Waals surface area contributed by atoms with Gasteiger partial charge in [-0.05, 0) is 32.1 Å². The zero-order chi connectivity index (χ0) is 16.1. The fourth-order valence-electron chi connectivity index (χ4n) is 2.89. The molecule has 1 N–H and O–H groups in total. The van der Waals surface area contributed by atoms with E-state index in [1.807, 2.05) is 0 Å². The largest absolute Gasteiger partial charge is 0.396 e. The van der Waals surface area contributed by atoms with Crippen molar-refractivity contribution < 1.29 is 5.11 Å². The van der Waals surface area contributed by atoms with E-state index in [4.69, 9.17) is 5.11 Å². The van der Waals surface area contributed by atoms with Crippen molar-refractivity contribution in [3.63, 3.8) is 0 Å². The van der Waals surface area contributed by atoms with Gasteiger partial charge in [0.1, 0.15) is 0 Å². The molecule has 132 valence electrons. The summed E-state index contributed by atoms with van der Waals surface area (Å²) >= 11 is 0. The molecule has 0 saturated heterocycles. The number of aliphatic hydroxyl groups is 1. The van der Waals surface area contributed by atoms with Gasteiger partial charge in [0.25, 0.3) is 0 Å². The third kappa shape index (κ3) is 19.7. The SMILES string of the molecule is CCCCCCCC/C=C/CCCCCCCCCCCO. The molecule has 0 aliphatic rings. The average Bonchev–Trinajstić information content (AvgIpc) is 2.54. The lowest BCUT2D eigenvalue weighted by Gasteiger charge is -2.01. The van der Waals surface area contributed by atoms with Crippen LogP contribution < -0.4 is 0 Å². The van der Waals surface area contributed by atoms with Gasteiger partial charge in [-0.1, -0.05) is 96.1 Å². The van der Waals surface area contributed by atoms with E-state index < -0.39 is 0 Å². The molecule has 0 aromatic carbocycles. The first-order valence-corrected chi connectivity index (χ1v) is 10.2. The Morgan fingerprint density at radius 1 is 0.500 bits per heavy atom. The number of aliphatic hydroxyl groups excluding tert-OH is 1. The minimum Gasteiger partial charge on any atom is -0.396 e. The van der Waals surface area contributed by atoms with Gasteiger partial charge in [0.05, 0.1) is 0 Å². The molecule has 0 aromatic rings. The minimum absolute atomic E-state index is 0.367. The molecule has 0 fully saturated rings. The molecular weight excluding hydrogens is 268 g/mol. The standard InChI is InChI=1S/C21H42O/c1-2-3-4-5-6-7-8-9-10-11-12-13-14-15-16-17-18-19-20-21-22/h9-10,22H,2-8,11-21H2,1H3/b10-9+.